The summed E-state index contributed by atoms with van der Waals surface area (Å²) < 4.78 is 13.4. The Balaban J connectivity index is 1.33. The highest BCUT2D eigenvalue weighted by molar-refractivity contribution is 7.17. The summed E-state index contributed by atoms with van der Waals surface area (Å²) in [5, 5.41) is 16.0. The fourth-order valence-electron chi connectivity index (χ4n) is 4.20. The van der Waals surface area contributed by atoms with Crippen molar-refractivity contribution in [3.05, 3.63) is 88.0 Å². The number of thiazole rings is 1. The first-order chi connectivity index (χ1) is 18.8. The minimum Gasteiger partial charge on any atom is -0.477 e. The van der Waals surface area contributed by atoms with E-state index >= 15 is 0 Å². The highest BCUT2D eigenvalue weighted by atomic mass is 35.5. The number of hydrogen-bond donors (Lipinski definition) is 3. The van der Waals surface area contributed by atoms with Gasteiger partial charge in [0.05, 0.1) is 5.02 Å². The molecule has 0 atom stereocenters. The lowest BCUT2D eigenvalue weighted by atomic mass is 10.1. The number of piperazine rings is 1. The third-order valence-electron chi connectivity index (χ3n) is 6.37. The van der Waals surface area contributed by atoms with E-state index in [1.165, 1.54) is 12.1 Å². The van der Waals surface area contributed by atoms with E-state index in [0.717, 1.165) is 55.0 Å². The molecule has 200 valence electrons. The Morgan fingerprint density at radius 3 is 2.44 bits per heavy atom. The Morgan fingerprint density at radius 2 is 1.74 bits per heavy atom. The van der Waals surface area contributed by atoms with Gasteiger partial charge in [0.25, 0.3) is 5.91 Å². The van der Waals surface area contributed by atoms with Gasteiger partial charge in [-0.2, -0.15) is 0 Å². The van der Waals surface area contributed by atoms with Crippen molar-refractivity contribution < 1.29 is 19.1 Å². The Hall–Kier alpha value is -3.99. The van der Waals surface area contributed by atoms with E-state index in [1.54, 1.807) is 24.3 Å². The minimum absolute atomic E-state index is 0.0727. The van der Waals surface area contributed by atoms with Crippen LogP contribution in [0.1, 0.15) is 20.0 Å². The predicted molar refractivity (Wildman–Crippen MR) is 153 cm³/mol. The molecule has 1 fully saturated rings. The molecule has 5 rings (SSSR count). The maximum Gasteiger partial charge on any atom is 0.349 e. The first-order valence-electron chi connectivity index (χ1n) is 12.2. The lowest BCUT2D eigenvalue weighted by molar-refractivity contribution is 0.0702. The van der Waals surface area contributed by atoms with Gasteiger partial charge in [-0.25, -0.2) is 14.2 Å². The quantitative estimate of drug-likeness (QED) is 0.251. The van der Waals surface area contributed by atoms with E-state index in [4.69, 9.17) is 11.6 Å². The van der Waals surface area contributed by atoms with Gasteiger partial charge in [0.15, 0.2) is 10.7 Å². The molecule has 1 aromatic heterocycles. The maximum atomic E-state index is 13.4. The van der Waals surface area contributed by atoms with Crippen LogP contribution in [0.4, 0.5) is 27.3 Å². The molecule has 1 aliphatic rings. The average molecular weight is 566 g/mol. The van der Waals surface area contributed by atoms with Crippen molar-refractivity contribution in [2.24, 2.45) is 0 Å². The summed E-state index contributed by atoms with van der Waals surface area (Å²) in [6.07, 6.45) is 0. The number of carboxylic acids is 1. The number of nitrogens with zero attached hydrogens (tertiary/aromatic N) is 3. The van der Waals surface area contributed by atoms with Gasteiger partial charge in [0.1, 0.15) is 10.8 Å². The van der Waals surface area contributed by atoms with E-state index in [9.17, 15) is 19.1 Å². The van der Waals surface area contributed by atoms with Crippen LogP contribution in [-0.4, -0.2) is 60.1 Å². The molecule has 1 amide bonds. The number of carbonyl (C=O) groups is 2. The van der Waals surface area contributed by atoms with E-state index in [-0.39, 0.29) is 21.3 Å². The molecule has 8 nitrogen and oxygen atoms in total. The van der Waals surface area contributed by atoms with Gasteiger partial charge in [0, 0.05) is 54.4 Å². The number of benzene rings is 3. The van der Waals surface area contributed by atoms with Crippen molar-refractivity contribution in [2.45, 2.75) is 0 Å². The Labute approximate surface area is 233 Å². The molecule has 0 saturated carbocycles. The molecule has 1 saturated heterocycles. The van der Waals surface area contributed by atoms with Crippen molar-refractivity contribution in [3.63, 3.8) is 0 Å². The average Bonchev–Trinajstić information content (AvgIpc) is 3.35. The summed E-state index contributed by atoms with van der Waals surface area (Å²) in [6, 6.07) is 18.5. The molecule has 1 aliphatic heterocycles. The zero-order chi connectivity index (χ0) is 27.5. The fraction of sp³-hybridized carbons (Fsp3) is 0.179. The predicted octanol–water partition coefficient (Wildman–Crippen LogP) is 6.05. The number of aromatic nitrogens is 1. The Kier molecular flexibility index (Phi) is 7.78. The second kappa shape index (κ2) is 11.4. The number of aromatic carboxylic acids is 1. The van der Waals surface area contributed by atoms with Crippen LogP contribution in [0.2, 0.25) is 5.02 Å². The number of anilines is 4. The smallest absolute Gasteiger partial charge is 0.349 e. The van der Waals surface area contributed by atoms with E-state index < -0.39 is 17.7 Å². The molecule has 0 radical (unpaired) electrons. The number of likely N-dealkylation sites (N-methyl/N-ethyl adjacent to an activating group) is 1. The van der Waals surface area contributed by atoms with Crippen LogP contribution >= 0.6 is 22.9 Å². The second-order valence-corrected chi connectivity index (χ2v) is 10.5. The zero-order valence-electron chi connectivity index (χ0n) is 20.9. The fourth-order valence-corrected chi connectivity index (χ4v) is 5.24. The van der Waals surface area contributed by atoms with E-state index in [2.05, 4.69) is 32.5 Å². The lowest BCUT2D eigenvalue weighted by Gasteiger charge is -2.34. The Morgan fingerprint density at radius 1 is 1.00 bits per heavy atom. The summed E-state index contributed by atoms with van der Waals surface area (Å²) in [5.41, 5.74) is 3.16. The Bertz CT molecular complexity index is 1520. The van der Waals surface area contributed by atoms with Crippen molar-refractivity contribution in [1.29, 1.82) is 0 Å². The number of amides is 1. The summed E-state index contributed by atoms with van der Waals surface area (Å²) in [5.74, 6) is -1.91. The van der Waals surface area contributed by atoms with Gasteiger partial charge in [-0.15, -0.1) is 11.3 Å². The topological polar surface area (TPSA) is 97.8 Å². The van der Waals surface area contributed by atoms with Gasteiger partial charge in [-0.3, -0.25) is 4.79 Å². The summed E-state index contributed by atoms with van der Waals surface area (Å²) >= 11 is 6.83. The van der Waals surface area contributed by atoms with Crippen molar-refractivity contribution >= 4 is 57.7 Å². The third-order valence-corrected chi connectivity index (χ3v) is 7.75. The number of carbonyl (C=O) groups excluding carboxylic acids is 1. The number of rotatable bonds is 7. The molecular weight excluding hydrogens is 541 g/mol. The van der Waals surface area contributed by atoms with Gasteiger partial charge in [-0.05, 0) is 61.6 Å². The minimum atomic E-state index is -1.09. The molecule has 2 heterocycles. The van der Waals surface area contributed by atoms with Crippen LogP contribution in [0.15, 0.2) is 66.7 Å². The molecule has 3 aromatic carbocycles. The van der Waals surface area contributed by atoms with Gasteiger partial charge in [0.2, 0.25) is 0 Å². The van der Waals surface area contributed by atoms with Crippen LogP contribution in [0.25, 0.3) is 10.6 Å². The number of nitrogens with one attached hydrogen (secondary N) is 2. The first kappa shape index (κ1) is 26.6. The van der Waals surface area contributed by atoms with E-state index in [1.807, 2.05) is 24.3 Å². The molecule has 0 spiro atoms. The van der Waals surface area contributed by atoms with Crippen molar-refractivity contribution in [3.8, 4) is 10.6 Å². The highest BCUT2D eigenvalue weighted by Gasteiger charge is 2.20. The normalized spacial score (nSPS) is 13.8. The van der Waals surface area contributed by atoms with Crippen LogP contribution in [0.5, 0.6) is 0 Å². The third kappa shape index (κ3) is 6.19. The molecular formula is C28H25ClFN5O3S. The number of halogens is 2. The van der Waals surface area contributed by atoms with Crippen LogP contribution in [0, 0.1) is 5.82 Å². The van der Waals surface area contributed by atoms with Crippen LogP contribution in [0.3, 0.4) is 0 Å². The van der Waals surface area contributed by atoms with Crippen molar-refractivity contribution in [2.75, 3.05) is 48.8 Å². The number of carboxylic acid groups (broad SMARTS) is 1. The largest absolute Gasteiger partial charge is 0.477 e. The molecule has 3 N–H and O–H groups in total. The maximum absolute atomic E-state index is 13.4. The zero-order valence-corrected chi connectivity index (χ0v) is 22.5. The van der Waals surface area contributed by atoms with Gasteiger partial charge in [-0.1, -0.05) is 23.7 Å². The molecule has 0 unspecified atom stereocenters. The van der Waals surface area contributed by atoms with Crippen molar-refractivity contribution in [1.82, 2.24) is 9.88 Å². The summed E-state index contributed by atoms with van der Waals surface area (Å²) in [6.45, 7) is 3.93. The van der Waals surface area contributed by atoms with Crippen LogP contribution < -0.4 is 15.5 Å². The number of hydrogen-bond acceptors (Lipinski definition) is 7. The summed E-state index contributed by atoms with van der Waals surface area (Å²) in [4.78, 5) is 33.9. The standard InChI is InChI=1S/C28H25ClFN5O3S/c1-34-11-13-35(14-12-34)21-8-6-19(7-9-21)31-25-24(28(37)38)39-27(33-25)18-3-2-4-20(15-18)32-26(36)17-5-10-23(30)22(29)16-17/h2-10,15-16,31H,11-14H2,1H3,(H,32,36)(H,37,38). The lowest BCUT2D eigenvalue weighted by Crippen LogP contribution is -2.44. The van der Waals surface area contributed by atoms with Crippen LogP contribution in [-0.2, 0) is 0 Å². The molecule has 11 heteroatoms. The highest BCUT2D eigenvalue weighted by Crippen LogP contribution is 2.34. The van der Waals surface area contributed by atoms with E-state index in [0.29, 0.717) is 16.3 Å². The molecule has 4 aromatic rings. The molecule has 0 bridgehead atoms. The molecule has 39 heavy (non-hydrogen) atoms. The SMILES string of the molecule is CN1CCN(c2ccc(Nc3nc(-c4cccc(NC(=O)c5ccc(F)c(Cl)c5)c4)sc3C(=O)O)cc2)CC1. The second-order valence-electron chi connectivity index (χ2n) is 9.13. The van der Waals surface area contributed by atoms with Gasteiger partial charge >= 0.3 is 5.97 Å². The summed E-state index contributed by atoms with van der Waals surface area (Å²) in [7, 11) is 2.11. The molecule has 0 aliphatic carbocycles. The first-order valence-corrected chi connectivity index (χ1v) is 13.4. The monoisotopic (exact) mass is 565 g/mol. The van der Waals surface area contributed by atoms with Gasteiger partial charge < -0.3 is 25.5 Å².